The highest BCUT2D eigenvalue weighted by Crippen LogP contribution is 2.25. The minimum atomic E-state index is -0.217. The number of aromatic nitrogens is 5. The summed E-state index contributed by atoms with van der Waals surface area (Å²) in [5.41, 5.74) is 5.41. The standard InChI is InChI=1S/C26H18N6O/c1-17-8-7-9-18(14-17)15-28-32-24-22(23-25(32)30-21-13-6-5-12-20(21)29-23)26(33)31(16-27-24)19-10-3-2-4-11-19/h2-16H,1H3. The topological polar surface area (TPSA) is 78.0 Å². The van der Waals surface area contributed by atoms with Crippen LogP contribution >= 0.6 is 0 Å². The maximum absolute atomic E-state index is 13.6. The molecule has 33 heavy (non-hydrogen) atoms. The smallest absolute Gasteiger partial charge is 0.268 e. The van der Waals surface area contributed by atoms with Crippen LogP contribution in [-0.4, -0.2) is 30.4 Å². The Morgan fingerprint density at radius 1 is 0.848 bits per heavy atom. The average molecular weight is 430 g/mol. The van der Waals surface area contributed by atoms with Crippen LogP contribution in [0.1, 0.15) is 11.1 Å². The molecule has 0 saturated carbocycles. The van der Waals surface area contributed by atoms with E-state index >= 15 is 0 Å². The molecule has 158 valence electrons. The van der Waals surface area contributed by atoms with Crippen LogP contribution in [0, 0.1) is 6.92 Å². The van der Waals surface area contributed by atoms with E-state index in [9.17, 15) is 4.79 Å². The molecule has 3 aromatic heterocycles. The van der Waals surface area contributed by atoms with Gasteiger partial charge < -0.3 is 0 Å². The molecule has 6 rings (SSSR count). The van der Waals surface area contributed by atoms with E-state index in [1.54, 1.807) is 10.9 Å². The van der Waals surface area contributed by atoms with Crippen molar-refractivity contribution >= 4 is 39.4 Å². The van der Waals surface area contributed by atoms with Gasteiger partial charge in [-0.2, -0.15) is 9.78 Å². The van der Waals surface area contributed by atoms with E-state index in [0.717, 1.165) is 22.3 Å². The molecular formula is C26H18N6O. The fraction of sp³-hybridized carbons (Fsp3) is 0.0385. The van der Waals surface area contributed by atoms with Crippen LogP contribution < -0.4 is 5.56 Å². The quantitative estimate of drug-likeness (QED) is 0.388. The first-order valence-corrected chi connectivity index (χ1v) is 10.5. The first-order valence-electron chi connectivity index (χ1n) is 10.5. The zero-order chi connectivity index (χ0) is 22.4. The molecule has 6 aromatic rings. The Balaban J connectivity index is 1.68. The minimum Gasteiger partial charge on any atom is -0.268 e. The molecule has 0 bridgehead atoms. The van der Waals surface area contributed by atoms with Gasteiger partial charge in [0.1, 0.15) is 17.2 Å². The molecule has 0 N–H and O–H groups in total. The molecule has 0 radical (unpaired) electrons. The molecule has 0 amide bonds. The van der Waals surface area contributed by atoms with E-state index < -0.39 is 0 Å². The highest BCUT2D eigenvalue weighted by atomic mass is 16.1. The zero-order valence-electron chi connectivity index (χ0n) is 17.8. The number of aryl methyl sites for hydroxylation is 1. The second kappa shape index (κ2) is 7.49. The van der Waals surface area contributed by atoms with Gasteiger partial charge in [0.2, 0.25) is 0 Å². The molecule has 0 spiro atoms. The van der Waals surface area contributed by atoms with Gasteiger partial charge in [-0.15, -0.1) is 0 Å². The largest absolute Gasteiger partial charge is 0.269 e. The maximum atomic E-state index is 13.6. The lowest BCUT2D eigenvalue weighted by molar-refractivity contribution is 0.906. The lowest BCUT2D eigenvalue weighted by Crippen LogP contribution is -2.18. The van der Waals surface area contributed by atoms with E-state index in [4.69, 9.17) is 9.97 Å². The molecule has 0 atom stereocenters. The van der Waals surface area contributed by atoms with Crippen LogP contribution in [0.5, 0.6) is 0 Å². The van der Waals surface area contributed by atoms with Crippen molar-refractivity contribution in [2.45, 2.75) is 6.92 Å². The van der Waals surface area contributed by atoms with Crippen LogP contribution in [0.2, 0.25) is 0 Å². The van der Waals surface area contributed by atoms with Crippen LogP contribution in [0.3, 0.4) is 0 Å². The molecule has 0 aliphatic heterocycles. The molecule has 0 unspecified atom stereocenters. The Bertz CT molecular complexity index is 1750. The third kappa shape index (κ3) is 3.18. The van der Waals surface area contributed by atoms with Gasteiger partial charge >= 0.3 is 0 Å². The summed E-state index contributed by atoms with van der Waals surface area (Å²) in [6.07, 6.45) is 3.27. The van der Waals surface area contributed by atoms with Gasteiger partial charge in [0.25, 0.3) is 5.56 Å². The fourth-order valence-electron chi connectivity index (χ4n) is 3.98. The number of rotatable bonds is 3. The Morgan fingerprint density at radius 3 is 2.39 bits per heavy atom. The second-order valence-electron chi connectivity index (χ2n) is 7.81. The van der Waals surface area contributed by atoms with Crippen molar-refractivity contribution in [2.75, 3.05) is 0 Å². The summed E-state index contributed by atoms with van der Waals surface area (Å²) in [6, 6.07) is 25.0. The van der Waals surface area contributed by atoms with Gasteiger partial charge in [-0.1, -0.05) is 60.2 Å². The van der Waals surface area contributed by atoms with Gasteiger partial charge in [0.15, 0.2) is 11.3 Å². The molecule has 3 aromatic carbocycles. The number of nitrogens with zero attached hydrogens (tertiary/aromatic N) is 6. The van der Waals surface area contributed by atoms with Crippen LogP contribution in [0.15, 0.2) is 95.1 Å². The molecule has 7 nitrogen and oxygen atoms in total. The first kappa shape index (κ1) is 19.1. The maximum Gasteiger partial charge on any atom is 0.269 e. The Hall–Kier alpha value is -4.65. The van der Waals surface area contributed by atoms with Crippen molar-refractivity contribution in [2.24, 2.45) is 5.10 Å². The summed E-state index contributed by atoms with van der Waals surface area (Å²) in [7, 11) is 0. The summed E-state index contributed by atoms with van der Waals surface area (Å²) in [4.78, 5) is 27.8. The lowest BCUT2D eigenvalue weighted by Gasteiger charge is -2.05. The normalized spacial score (nSPS) is 11.8. The van der Waals surface area contributed by atoms with Crippen LogP contribution in [-0.2, 0) is 0 Å². The molecule has 0 aliphatic carbocycles. The van der Waals surface area contributed by atoms with E-state index in [1.165, 1.54) is 10.9 Å². The predicted molar refractivity (Wildman–Crippen MR) is 130 cm³/mol. The third-order valence-electron chi connectivity index (χ3n) is 5.54. The van der Waals surface area contributed by atoms with Crippen molar-refractivity contribution < 1.29 is 0 Å². The molecular weight excluding hydrogens is 412 g/mol. The first-order chi connectivity index (χ1) is 16.2. The van der Waals surface area contributed by atoms with Crippen molar-refractivity contribution in [1.82, 2.24) is 24.2 Å². The lowest BCUT2D eigenvalue weighted by atomic mass is 10.2. The second-order valence-corrected chi connectivity index (χ2v) is 7.81. The Kier molecular flexibility index (Phi) is 4.33. The SMILES string of the molecule is Cc1cccc(C=Nn2c3nc4ccccc4nc3c3c(=O)n(-c4ccccc4)cnc32)c1. The Labute approximate surface area is 188 Å². The van der Waals surface area contributed by atoms with Crippen LogP contribution in [0.4, 0.5) is 0 Å². The van der Waals surface area contributed by atoms with Crippen LogP contribution in [0.25, 0.3) is 38.9 Å². The molecule has 7 heteroatoms. The van der Waals surface area contributed by atoms with Gasteiger partial charge in [-0.3, -0.25) is 9.36 Å². The van der Waals surface area contributed by atoms with E-state index in [-0.39, 0.29) is 5.56 Å². The Morgan fingerprint density at radius 2 is 1.61 bits per heavy atom. The van der Waals surface area contributed by atoms with Crippen molar-refractivity contribution in [3.63, 3.8) is 0 Å². The van der Waals surface area contributed by atoms with E-state index in [2.05, 4.69) is 10.1 Å². The summed E-state index contributed by atoms with van der Waals surface area (Å²) in [6.45, 7) is 2.03. The van der Waals surface area contributed by atoms with Gasteiger partial charge in [-0.05, 0) is 36.8 Å². The highest BCUT2D eigenvalue weighted by Gasteiger charge is 2.20. The third-order valence-corrected chi connectivity index (χ3v) is 5.54. The summed E-state index contributed by atoms with van der Waals surface area (Å²) < 4.78 is 3.12. The summed E-state index contributed by atoms with van der Waals surface area (Å²) in [5, 5.41) is 5.05. The van der Waals surface area contributed by atoms with Gasteiger partial charge in [0.05, 0.1) is 22.9 Å². The van der Waals surface area contributed by atoms with E-state index in [1.807, 2.05) is 85.8 Å². The molecule has 0 saturated heterocycles. The minimum absolute atomic E-state index is 0.217. The van der Waals surface area contributed by atoms with Gasteiger partial charge in [-0.25, -0.2) is 15.0 Å². The predicted octanol–water partition coefficient (Wildman–Crippen LogP) is 4.47. The number of hydrogen-bond donors (Lipinski definition) is 0. The summed E-state index contributed by atoms with van der Waals surface area (Å²) >= 11 is 0. The average Bonchev–Trinajstić information content (AvgIpc) is 3.15. The number of para-hydroxylation sites is 3. The number of hydrogen-bond acceptors (Lipinski definition) is 5. The van der Waals surface area contributed by atoms with Crippen molar-refractivity contribution in [3.8, 4) is 5.69 Å². The van der Waals surface area contributed by atoms with Crippen molar-refractivity contribution in [3.05, 3.63) is 107 Å². The van der Waals surface area contributed by atoms with E-state index in [0.29, 0.717) is 27.7 Å². The summed E-state index contributed by atoms with van der Waals surface area (Å²) in [5.74, 6) is 0. The zero-order valence-corrected chi connectivity index (χ0v) is 17.8. The van der Waals surface area contributed by atoms with Gasteiger partial charge in [0, 0.05) is 0 Å². The molecule has 0 fully saturated rings. The number of fused-ring (bicyclic) bond motifs is 4. The monoisotopic (exact) mass is 430 g/mol. The fourth-order valence-corrected chi connectivity index (χ4v) is 3.98. The highest BCUT2D eigenvalue weighted by molar-refractivity contribution is 6.05. The molecule has 3 heterocycles. The number of benzene rings is 3. The van der Waals surface area contributed by atoms with Crippen molar-refractivity contribution in [1.29, 1.82) is 0 Å². The molecule has 0 aliphatic rings.